The molecule has 1 unspecified atom stereocenters. The number of carbonyl (C=O) groups is 1. The fourth-order valence-corrected chi connectivity index (χ4v) is 2.20. The Balaban J connectivity index is 2.12. The van der Waals surface area contributed by atoms with Gasteiger partial charge in [-0.15, -0.1) is 11.6 Å². The number of hydrogen-bond donors (Lipinski definition) is 1. The summed E-state index contributed by atoms with van der Waals surface area (Å²) in [7, 11) is 0. The van der Waals surface area contributed by atoms with Crippen molar-refractivity contribution in [3.8, 4) is 0 Å². The number of rotatable bonds is 5. The van der Waals surface area contributed by atoms with Crippen LogP contribution >= 0.6 is 11.6 Å². The first kappa shape index (κ1) is 15.3. The van der Waals surface area contributed by atoms with Gasteiger partial charge in [0.05, 0.1) is 5.69 Å². The smallest absolute Gasteiger partial charge is 0.250 e. The standard InChI is InChI=1S/C16H17ClN2O2/c1-2-10-19-11-13(8-9-14(19)20)18-16(21)15(17)12-6-4-3-5-7-12/h3-9,11,15H,2,10H2,1H3,(H,18,21). The summed E-state index contributed by atoms with van der Waals surface area (Å²) < 4.78 is 1.57. The molecule has 1 aromatic carbocycles. The van der Waals surface area contributed by atoms with Gasteiger partial charge in [0, 0.05) is 18.8 Å². The van der Waals surface area contributed by atoms with Gasteiger partial charge in [-0.2, -0.15) is 0 Å². The number of pyridine rings is 1. The van der Waals surface area contributed by atoms with Crippen LogP contribution < -0.4 is 10.9 Å². The summed E-state index contributed by atoms with van der Waals surface area (Å²) in [5.41, 5.74) is 1.22. The van der Waals surface area contributed by atoms with Crippen molar-refractivity contribution in [3.63, 3.8) is 0 Å². The molecule has 0 saturated carbocycles. The minimum atomic E-state index is -0.766. The van der Waals surface area contributed by atoms with E-state index in [1.807, 2.05) is 25.1 Å². The summed E-state index contributed by atoms with van der Waals surface area (Å²) in [6, 6.07) is 12.2. The first-order valence-electron chi connectivity index (χ1n) is 6.82. The SMILES string of the molecule is CCCn1cc(NC(=O)C(Cl)c2ccccc2)ccc1=O. The Hall–Kier alpha value is -2.07. The monoisotopic (exact) mass is 304 g/mol. The predicted octanol–water partition coefficient (Wildman–Crippen LogP) is 3.18. The number of alkyl halides is 1. The van der Waals surface area contributed by atoms with Gasteiger partial charge >= 0.3 is 0 Å². The molecular formula is C16H17ClN2O2. The Morgan fingerprint density at radius 3 is 2.62 bits per heavy atom. The maximum absolute atomic E-state index is 12.1. The second-order valence-corrected chi connectivity index (χ2v) is 5.15. The van der Waals surface area contributed by atoms with Gasteiger partial charge in [0.25, 0.3) is 5.56 Å². The van der Waals surface area contributed by atoms with Gasteiger partial charge in [-0.25, -0.2) is 0 Å². The fourth-order valence-electron chi connectivity index (χ4n) is 2.00. The number of anilines is 1. The lowest BCUT2D eigenvalue weighted by atomic mass is 10.1. The molecule has 0 fully saturated rings. The lowest BCUT2D eigenvalue weighted by Gasteiger charge is -2.12. The summed E-state index contributed by atoms with van der Waals surface area (Å²) in [6.07, 6.45) is 2.48. The van der Waals surface area contributed by atoms with E-state index in [4.69, 9.17) is 11.6 Å². The van der Waals surface area contributed by atoms with E-state index in [1.165, 1.54) is 6.07 Å². The Labute approximate surface area is 128 Å². The number of hydrogen-bond acceptors (Lipinski definition) is 2. The number of amides is 1. The summed E-state index contributed by atoms with van der Waals surface area (Å²) in [4.78, 5) is 23.8. The van der Waals surface area contributed by atoms with E-state index < -0.39 is 5.38 Å². The van der Waals surface area contributed by atoms with Crippen LogP contribution in [0.1, 0.15) is 24.3 Å². The van der Waals surface area contributed by atoms with Crippen molar-refractivity contribution in [3.05, 3.63) is 64.6 Å². The van der Waals surface area contributed by atoms with Crippen molar-refractivity contribution in [2.45, 2.75) is 25.3 Å². The second-order valence-electron chi connectivity index (χ2n) is 4.71. The van der Waals surface area contributed by atoms with Crippen LogP contribution in [-0.2, 0) is 11.3 Å². The van der Waals surface area contributed by atoms with E-state index in [-0.39, 0.29) is 11.5 Å². The topological polar surface area (TPSA) is 51.1 Å². The summed E-state index contributed by atoms with van der Waals surface area (Å²) in [5.74, 6) is -0.315. The number of nitrogens with zero attached hydrogens (tertiary/aromatic N) is 1. The van der Waals surface area contributed by atoms with E-state index in [1.54, 1.807) is 29.0 Å². The quantitative estimate of drug-likeness (QED) is 0.863. The van der Waals surface area contributed by atoms with Crippen molar-refractivity contribution < 1.29 is 4.79 Å². The zero-order valence-corrected chi connectivity index (χ0v) is 12.5. The zero-order chi connectivity index (χ0) is 15.2. The van der Waals surface area contributed by atoms with Gasteiger partial charge in [-0.05, 0) is 18.1 Å². The zero-order valence-electron chi connectivity index (χ0n) is 11.8. The van der Waals surface area contributed by atoms with Gasteiger partial charge < -0.3 is 9.88 Å². The number of aryl methyl sites for hydroxylation is 1. The Morgan fingerprint density at radius 1 is 1.24 bits per heavy atom. The molecule has 110 valence electrons. The lowest BCUT2D eigenvalue weighted by Crippen LogP contribution is -2.22. The average molecular weight is 305 g/mol. The van der Waals surface area contributed by atoms with Gasteiger partial charge in [0.2, 0.25) is 5.91 Å². The average Bonchev–Trinajstić information content (AvgIpc) is 2.51. The summed E-state index contributed by atoms with van der Waals surface area (Å²) in [6.45, 7) is 2.60. The highest BCUT2D eigenvalue weighted by atomic mass is 35.5. The molecule has 4 nitrogen and oxygen atoms in total. The van der Waals surface area contributed by atoms with E-state index in [0.717, 1.165) is 12.0 Å². The second kappa shape index (κ2) is 7.09. The van der Waals surface area contributed by atoms with Gasteiger partial charge in [-0.3, -0.25) is 9.59 Å². The highest BCUT2D eigenvalue weighted by Crippen LogP contribution is 2.21. The first-order valence-corrected chi connectivity index (χ1v) is 7.26. The summed E-state index contributed by atoms with van der Waals surface area (Å²) in [5, 5.41) is 1.97. The Bertz CT molecular complexity index is 667. The number of aromatic nitrogens is 1. The third kappa shape index (κ3) is 3.95. The number of carbonyl (C=O) groups excluding carboxylic acids is 1. The van der Waals surface area contributed by atoms with E-state index in [9.17, 15) is 9.59 Å². The van der Waals surface area contributed by atoms with Crippen LogP contribution in [0.4, 0.5) is 5.69 Å². The van der Waals surface area contributed by atoms with Gasteiger partial charge in [0.1, 0.15) is 5.38 Å². The van der Waals surface area contributed by atoms with Crippen LogP contribution in [0.25, 0.3) is 0 Å². The molecule has 0 bridgehead atoms. The van der Waals surface area contributed by atoms with Gasteiger partial charge in [-0.1, -0.05) is 37.3 Å². The summed E-state index contributed by atoms with van der Waals surface area (Å²) >= 11 is 6.16. The van der Waals surface area contributed by atoms with Crippen molar-refractivity contribution in [2.75, 3.05) is 5.32 Å². The largest absolute Gasteiger partial charge is 0.323 e. The fraction of sp³-hybridized carbons (Fsp3) is 0.250. The number of benzene rings is 1. The third-order valence-corrected chi connectivity index (χ3v) is 3.49. The van der Waals surface area contributed by atoms with Crippen molar-refractivity contribution in [2.24, 2.45) is 0 Å². The van der Waals surface area contributed by atoms with Crippen LogP contribution in [0.2, 0.25) is 0 Å². The molecule has 2 rings (SSSR count). The predicted molar refractivity (Wildman–Crippen MR) is 84.7 cm³/mol. The lowest BCUT2D eigenvalue weighted by molar-refractivity contribution is -0.116. The molecule has 1 atom stereocenters. The molecular weight excluding hydrogens is 288 g/mol. The Kier molecular flexibility index (Phi) is 5.17. The molecule has 0 aliphatic rings. The maximum Gasteiger partial charge on any atom is 0.250 e. The molecule has 1 N–H and O–H groups in total. The molecule has 0 aliphatic heterocycles. The van der Waals surface area contributed by atoms with Crippen LogP contribution in [0.15, 0.2) is 53.5 Å². The molecule has 0 spiro atoms. The molecule has 21 heavy (non-hydrogen) atoms. The van der Waals surface area contributed by atoms with Crippen LogP contribution in [-0.4, -0.2) is 10.5 Å². The van der Waals surface area contributed by atoms with E-state index in [2.05, 4.69) is 5.32 Å². The minimum Gasteiger partial charge on any atom is -0.323 e. The Morgan fingerprint density at radius 2 is 1.95 bits per heavy atom. The highest BCUT2D eigenvalue weighted by Gasteiger charge is 2.17. The molecule has 1 amide bonds. The number of nitrogens with one attached hydrogen (secondary N) is 1. The molecule has 0 saturated heterocycles. The molecule has 1 aromatic heterocycles. The molecule has 0 radical (unpaired) electrons. The molecule has 1 heterocycles. The van der Waals surface area contributed by atoms with Crippen LogP contribution in [0.5, 0.6) is 0 Å². The molecule has 2 aromatic rings. The number of halogens is 1. The third-order valence-electron chi connectivity index (χ3n) is 3.04. The first-order chi connectivity index (χ1) is 10.1. The molecule has 0 aliphatic carbocycles. The van der Waals surface area contributed by atoms with E-state index in [0.29, 0.717) is 12.2 Å². The van der Waals surface area contributed by atoms with Crippen LogP contribution in [0, 0.1) is 0 Å². The van der Waals surface area contributed by atoms with Crippen molar-refractivity contribution >= 4 is 23.2 Å². The van der Waals surface area contributed by atoms with E-state index >= 15 is 0 Å². The van der Waals surface area contributed by atoms with Crippen LogP contribution in [0.3, 0.4) is 0 Å². The highest BCUT2D eigenvalue weighted by molar-refractivity contribution is 6.32. The van der Waals surface area contributed by atoms with Crippen molar-refractivity contribution in [1.82, 2.24) is 4.57 Å². The minimum absolute atomic E-state index is 0.0830. The maximum atomic E-state index is 12.1. The van der Waals surface area contributed by atoms with Crippen molar-refractivity contribution in [1.29, 1.82) is 0 Å². The normalized spacial score (nSPS) is 11.9. The van der Waals surface area contributed by atoms with Gasteiger partial charge in [0.15, 0.2) is 0 Å². The molecule has 5 heteroatoms.